The molecule has 2 aromatic rings. The molecule has 9 nitrogen and oxygen atoms in total. The fourth-order valence-electron chi connectivity index (χ4n) is 4.85. The van der Waals surface area contributed by atoms with Gasteiger partial charge in [-0.25, -0.2) is 4.79 Å². The van der Waals surface area contributed by atoms with Crippen LogP contribution in [0.5, 0.6) is 5.75 Å². The van der Waals surface area contributed by atoms with Crippen molar-refractivity contribution < 1.29 is 42.1 Å². The highest BCUT2D eigenvalue weighted by atomic mass is 19.4. The maximum absolute atomic E-state index is 12.9. The third kappa shape index (κ3) is 6.80. The van der Waals surface area contributed by atoms with Crippen LogP contribution >= 0.6 is 0 Å². The van der Waals surface area contributed by atoms with Crippen LogP contribution in [0.1, 0.15) is 27.9 Å². The highest BCUT2D eigenvalue weighted by Gasteiger charge is 2.45. The highest BCUT2D eigenvalue weighted by molar-refractivity contribution is 5.93. The van der Waals surface area contributed by atoms with Crippen molar-refractivity contribution >= 4 is 17.8 Å². The van der Waals surface area contributed by atoms with Gasteiger partial charge >= 0.3 is 12.1 Å². The van der Waals surface area contributed by atoms with E-state index in [9.17, 15) is 22.8 Å². The number of benzene rings is 1. The molecule has 3 atom stereocenters. The molecule has 204 valence electrons. The molecule has 2 saturated heterocycles. The van der Waals surface area contributed by atoms with E-state index in [0.717, 1.165) is 30.8 Å². The largest absolute Gasteiger partial charge is 0.493 e. The van der Waals surface area contributed by atoms with Gasteiger partial charge in [0.05, 0.1) is 31.3 Å². The molecule has 0 aliphatic carbocycles. The van der Waals surface area contributed by atoms with E-state index in [1.165, 1.54) is 5.56 Å². The minimum atomic E-state index is -5.08. The fourth-order valence-corrected chi connectivity index (χ4v) is 4.85. The number of aliphatic carboxylic acids is 1. The summed E-state index contributed by atoms with van der Waals surface area (Å²) in [6.07, 6.45) is 0.609. The number of likely N-dealkylation sites (tertiary alicyclic amines) is 1. The van der Waals surface area contributed by atoms with Crippen molar-refractivity contribution in [1.29, 1.82) is 0 Å². The van der Waals surface area contributed by atoms with Gasteiger partial charge in [0.1, 0.15) is 5.75 Å². The lowest BCUT2D eigenvalue weighted by atomic mass is 9.93. The standard InChI is InChI=1S/C24H27N3O4.C2HF3O2/c28-23(10-16-5-6-21-17(9-16)4-2-8-30-21)27-13-20-19(15-31-22(20)14-27)12-26-24(29)18-3-1-7-25-11-18;3-2(4,5)1(6)7/h1,3,5-7,9,11,19-20,22H,2,4,8,10,12-15H2,(H,26,29);(H,6,7)/t19-,20+,22+;/m0./s1. The molecule has 0 spiro atoms. The molecule has 5 rings (SSSR count). The van der Waals surface area contributed by atoms with Crippen LogP contribution < -0.4 is 10.1 Å². The molecule has 2 N–H and O–H groups in total. The first kappa shape index (κ1) is 27.4. The van der Waals surface area contributed by atoms with Crippen LogP contribution in [0.4, 0.5) is 13.2 Å². The van der Waals surface area contributed by atoms with E-state index in [1.807, 2.05) is 17.0 Å². The number of carbonyl (C=O) groups excluding carboxylic acids is 2. The number of hydrogen-bond acceptors (Lipinski definition) is 6. The monoisotopic (exact) mass is 535 g/mol. The minimum Gasteiger partial charge on any atom is -0.493 e. The number of aryl methyl sites for hydroxylation is 1. The molecule has 2 amide bonds. The number of carboxylic acid groups (broad SMARTS) is 1. The zero-order chi connectivity index (χ0) is 27.3. The molecule has 1 aromatic carbocycles. The first-order chi connectivity index (χ1) is 18.1. The molecule has 3 aliphatic heterocycles. The van der Waals surface area contributed by atoms with Gasteiger partial charge in [0.2, 0.25) is 5.91 Å². The summed E-state index contributed by atoms with van der Waals surface area (Å²) in [7, 11) is 0. The number of halogens is 3. The van der Waals surface area contributed by atoms with Crippen molar-refractivity contribution in [3.63, 3.8) is 0 Å². The molecule has 4 heterocycles. The van der Waals surface area contributed by atoms with E-state index < -0.39 is 12.1 Å². The van der Waals surface area contributed by atoms with Gasteiger partial charge in [0.15, 0.2) is 0 Å². The summed E-state index contributed by atoms with van der Waals surface area (Å²) in [4.78, 5) is 40.0. The van der Waals surface area contributed by atoms with Gasteiger partial charge in [-0.15, -0.1) is 0 Å². The summed E-state index contributed by atoms with van der Waals surface area (Å²) in [5.41, 5.74) is 2.78. The summed E-state index contributed by atoms with van der Waals surface area (Å²) >= 11 is 0. The molecular weight excluding hydrogens is 507 g/mol. The van der Waals surface area contributed by atoms with Crippen molar-refractivity contribution in [1.82, 2.24) is 15.2 Å². The summed E-state index contributed by atoms with van der Waals surface area (Å²) in [5, 5.41) is 10.1. The van der Waals surface area contributed by atoms with Crippen molar-refractivity contribution in [3.8, 4) is 5.75 Å². The second-order valence-electron chi connectivity index (χ2n) is 9.42. The van der Waals surface area contributed by atoms with Crippen LogP contribution in [-0.4, -0.2) is 77.9 Å². The van der Waals surface area contributed by atoms with Crippen molar-refractivity contribution in [2.75, 3.05) is 32.8 Å². The normalized spacial score (nSPS) is 21.9. The second-order valence-corrected chi connectivity index (χ2v) is 9.42. The molecule has 2 fully saturated rings. The SMILES string of the molecule is O=C(NC[C@H]1CO[C@@H]2CN(C(=O)Cc3ccc4c(c3)CCCO4)C[C@H]12)c1cccnc1.O=C(O)C(F)(F)F. The van der Waals surface area contributed by atoms with E-state index in [0.29, 0.717) is 38.2 Å². The van der Waals surface area contributed by atoms with E-state index in [4.69, 9.17) is 19.4 Å². The van der Waals surface area contributed by atoms with Gasteiger partial charge in [0.25, 0.3) is 5.91 Å². The number of carbonyl (C=O) groups is 3. The number of alkyl halides is 3. The number of amides is 2. The molecule has 0 unspecified atom stereocenters. The lowest BCUT2D eigenvalue weighted by Gasteiger charge is -2.21. The number of hydrogen-bond donors (Lipinski definition) is 2. The topological polar surface area (TPSA) is 118 Å². The van der Waals surface area contributed by atoms with Gasteiger partial charge in [0, 0.05) is 43.9 Å². The Bertz CT molecular complexity index is 1160. The molecule has 3 aliphatic rings. The molecular formula is C26H28F3N3O6. The molecule has 0 radical (unpaired) electrons. The Morgan fingerprint density at radius 2 is 1.97 bits per heavy atom. The molecule has 38 heavy (non-hydrogen) atoms. The first-order valence-corrected chi connectivity index (χ1v) is 12.2. The van der Waals surface area contributed by atoms with Crippen LogP contribution in [0.3, 0.4) is 0 Å². The number of rotatable bonds is 5. The Morgan fingerprint density at radius 1 is 1.18 bits per heavy atom. The van der Waals surface area contributed by atoms with Crippen LogP contribution in [-0.2, 0) is 27.2 Å². The maximum Gasteiger partial charge on any atom is 0.490 e. The van der Waals surface area contributed by atoms with E-state index >= 15 is 0 Å². The summed E-state index contributed by atoms with van der Waals surface area (Å²) in [6.45, 7) is 3.25. The molecule has 12 heteroatoms. The van der Waals surface area contributed by atoms with Crippen molar-refractivity contribution in [3.05, 3.63) is 59.4 Å². The van der Waals surface area contributed by atoms with E-state index in [2.05, 4.69) is 16.4 Å². The Hall–Kier alpha value is -3.67. The number of nitrogens with one attached hydrogen (secondary N) is 1. The van der Waals surface area contributed by atoms with E-state index in [-0.39, 0.29) is 29.8 Å². The van der Waals surface area contributed by atoms with Crippen LogP contribution in [0.25, 0.3) is 0 Å². The zero-order valence-electron chi connectivity index (χ0n) is 20.4. The smallest absolute Gasteiger partial charge is 0.490 e. The predicted molar refractivity (Wildman–Crippen MR) is 128 cm³/mol. The Morgan fingerprint density at radius 3 is 2.68 bits per heavy atom. The quantitative estimate of drug-likeness (QED) is 0.604. The molecule has 1 aromatic heterocycles. The molecule has 0 saturated carbocycles. The number of fused-ring (bicyclic) bond motifs is 2. The lowest BCUT2D eigenvalue weighted by Crippen LogP contribution is -2.35. The third-order valence-corrected chi connectivity index (χ3v) is 6.81. The number of nitrogens with zero attached hydrogens (tertiary/aromatic N) is 2. The van der Waals surface area contributed by atoms with Crippen LogP contribution in [0, 0.1) is 11.8 Å². The average molecular weight is 536 g/mol. The second kappa shape index (κ2) is 11.8. The minimum absolute atomic E-state index is 0.0566. The van der Waals surface area contributed by atoms with Gasteiger partial charge < -0.3 is 24.8 Å². The predicted octanol–water partition coefficient (Wildman–Crippen LogP) is 2.49. The van der Waals surface area contributed by atoms with Gasteiger partial charge in [-0.05, 0) is 42.2 Å². The van der Waals surface area contributed by atoms with Crippen LogP contribution in [0.2, 0.25) is 0 Å². The van der Waals surface area contributed by atoms with E-state index in [1.54, 1.807) is 24.5 Å². The van der Waals surface area contributed by atoms with Gasteiger partial charge in [-0.1, -0.05) is 12.1 Å². The zero-order valence-corrected chi connectivity index (χ0v) is 20.4. The maximum atomic E-state index is 12.9. The number of pyridine rings is 1. The van der Waals surface area contributed by atoms with Crippen molar-refractivity contribution in [2.45, 2.75) is 31.5 Å². The number of ether oxygens (including phenoxy) is 2. The fraction of sp³-hybridized carbons (Fsp3) is 0.462. The Labute approximate surface area is 216 Å². The number of aromatic nitrogens is 1. The first-order valence-electron chi connectivity index (χ1n) is 12.2. The average Bonchev–Trinajstić information content (AvgIpc) is 3.49. The van der Waals surface area contributed by atoms with Gasteiger partial charge in [-0.3, -0.25) is 14.6 Å². The van der Waals surface area contributed by atoms with Crippen molar-refractivity contribution in [2.24, 2.45) is 11.8 Å². The third-order valence-electron chi connectivity index (χ3n) is 6.81. The highest BCUT2D eigenvalue weighted by Crippen LogP contribution is 2.34. The number of carboxylic acids is 1. The van der Waals surface area contributed by atoms with Gasteiger partial charge in [-0.2, -0.15) is 13.2 Å². The summed E-state index contributed by atoms with van der Waals surface area (Å²) in [5.74, 6) is -1.33. The summed E-state index contributed by atoms with van der Waals surface area (Å²) < 4.78 is 43.4. The van der Waals surface area contributed by atoms with Crippen LogP contribution in [0.15, 0.2) is 42.7 Å². The summed E-state index contributed by atoms with van der Waals surface area (Å²) in [6, 6.07) is 9.58. The lowest BCUT2D eigenvalue weighted by molar-refractivity contribution is -0.192. The molecule has 0 bridgehead atoms. The Balaban J connectivity index is 0.000000426. The Kier molecular flexibility index (Phi) is 8.50.